The molecule has 18 heteroatoms. The lowest BCUT2D eigenvalue weighted by Gasteiger charge is -2.56. The molecule has 2 amide bonds. The van der Waals surface area contributed by atoms with Crippen molar-refractivity contribution in [3.8, 4) is 0 Å². The van der Waals surface area contributed by atoms with Crippen LogP contribution in [0.3, 0.4) is 0 Å². The number of hydrogen-bond acceptors (Lipinski definition) is 15. The minimum atomic E-state index is -1.82. The Hall–Kier alpha value is -4.65. The van der Waals surface area contributed by atoms with Crippen LogP contribution in [0.25, 0.3) is 0 Å². The first-order chi connectivity index (χ1) is 22.9. The van der Waals surface area contributed by atoms with Crippen LogP contribution < -0.4 is 5.32 Å². The van der Waals surface area contributed by atoms with Crippen LogP contribution in [0.2, 0.25) is 0 Å². The molecule has 2 aromatic carbocycles. The topological polar surface area (TPSA) is 176 Å². The van der Waals surface area contributed by atoms with Gasteiger partial charge < -0.3 is 19.6 Å². The molecule has 0 bridgehead atoms. The van der Waals surface area contributed by atoms with Gasteiger partial charge in [-0.2, -0.15) is 0 Å². The van der Waals surface area contributed by atoms with Crippen molar-refractivity contribution in [1.29, 1.82) is 0 Å². The van der Waals surface area contributed by atoms with E-state index in [1.165, 1.54) is 52.7 Å². The number of hydrogen-bond donors (Lipinski definition) is 1. The molecule has 1 fully saturated rings. The number of tetrazole rings is 1. The number of methoxy groups -OCH3 is 1. The predicted octanol–water partition coefficient (Wildman–Crippen LogP) is 2.17. The highest BCUT2D eigenvalue weighted by Crippen LogP contribution is 2.48. The summed E-state index contributed by atoms with van der Waals surface area (Å²) < 4.78 is 17.2. The lowest BCUT2D eigenvalue weighted by molar-refractivity contribution is -0.192. The molecule has 0 aliphatic carbocycles. The summed E-state index contributed by atoms with van der Waals surface area (Å²) in [5.74, 6) is -1.54. The fourth-order valence-corrected chi connectivity index (χ4v) is 7.94. The van der Waals surface area contributed by atoms with Gasteiger partial charge in [0, 0.05) is 31.0 Å². The first-order valence-electron chi connectivity index (χ1n) is 14.0. The Morgan fingerprint density at radius 3 is 2.38 bits per heavy atom. The van der Waals surface area contributed by atoms with Gasteiger partial charge in [-0.15, -0.1) is 22.0 Å². The number of thioether (sulfide) groups is 2. The standard InChI is InChI=1S/C29H27N9O6S3/c1-37-28(32-34-35-37)46-15-19-14-45-27-29(42-2,30-24(39)21(33-43-3)20-16-47-36-31-20)26(41)38(27)22(19)25(40)44-23(17-10-6-4-7-11-17)18-12-8-5-9-13-18/h4-13,16,23,27H,14-15H2,1-3H3,(H,30,39)/t27-,29?/m1/s1. The number of carbonyl (C=O) groups is 3. The normalized spacial score (nSPS) is 19.3. The quantitative estimate of drug-likeness (QED) is 0.0571. The van der Waals surface area contributed by atoms with Gasteiger partial charge in [-0.25, -0.2) is 9.48 Å². The molecule has 2 aliphatic rings. The zero-order valence-electron chi connectivity index (χ0n) is 25.2. The summed E-state index contributed by atoms with van der Waals surface area (Å²) >= 11 is 3.66. The first-order valence-corrected chi connectivity index (χ1v) is 16.8. The first kappa shape index (κ1) is 32.3. The smallest absolute Gasteiger partial charge is 0.356 e. The van der Waals surface area contributed by atoms with Gasteiger partial charge in [0.05, 0.1) is 0 Å². The fourth-order valence-electron chi connectivity index (χ4n) is 5.08. The molecule has 6 rings (SSSR count). The second kappa shape index (κ2) is 14.0. The maximum atomic E-state index is 14.3. The van der Waals surface area contributed by atoms with E-state index in [-0.39, 0.29) is 22.9 Å². The number of carbonyl (C=O) groups excluding carboxylic acids is 3. The molecule has 242 valence electrons. The van der Waals surface area contributed by atoms with E-state index in [4.69, 9.17) is 14.3 Å². The van der Waals surface area contributed by atoms with E-state index in [1.54, 1.807) is 7.05 Å². The summed E-state index contributed by atoms with van der Waals surface area (Å²) in [6.07, 6.45) is -0.759. The Kier molecular flexibility index (Phi) is 9.62. The van der Waals surface area contributed by atoms with Crippen molar-refractivity contribution in [2.75, 3.05) is 25.7 Å². The molecular formula is C29H27N9O6S3. The Morgan fingerprint density at radius 2 is 1.81 bits per heavy atom. The number of esters is 1. The third-order valence-electron chi connectivity index (χ3n) is 7.31. The summed E-state index contributed by atoms with van der Waals surface area (Å²) in [4.78, 5) is 48.0. The highest BCUT2D eigenvalue weighted by molar-refractivity contribution is 8.01. The number of aromatic nitrogens is 6. The fraction of sp³-hybridized carbons (Fsp3) is 0.276. The minimum Gasteiger partial charge on any atom is -0.448 e. The number of β-lactam (4-membered cyclic amide) rings is 1. The molecule has 15 nitrogen and oxygen atoms in total. The van der Waals surface area contributed by atoms with Crippen molar-refractivity contribution in [2.24, 2.45) is 12.2 Å². The number of aryl methyl sites for hydroxylation is 1. The van der Waals surface area contributed by atoms with Crippen LogP contribution in [0.1, 0.15) is 22.9 Å². The molecule has 4 aromatic rings. The van der Waals surface area contributed by atoms with E-state index in [2.05, 4.69) is 35.6 Å². The van der Waals surface area contributed by atoms with Crippen LogP contribution in [-0.4, -0.2) is 95.0 Å². The lowest BCUT2D eigenvalue weighted by Crippen LogP contribution is -2.81. The van der Waals surface area contributed by atoms with Gasteiger partial charge in [0.25, 0.3) is 17.5 Å². The predicted molar refractivity (Wildman–Crippen MR) is 172 cm³/mol. The molecule has 4 heterocycles. The number of oxime groups is 1. The van der Waals surface area contributed by atoms with Gasteiger partial charge in [0.2, 0.25) is 5.16 Å². The average molecular weight is 694 g/mol. The molecule has 47 heavy (non-hydrogen) atoms. The summed E-state index contributed by atoms with van der Waals surface area (Å²) in [6, 6.07) is 18.7. The SMILES string of the molecule is CON=C(C(=O)NC1(OC)C(=O)N2C(C(=O)OC(c3ccccc3)c3ccccc3)=C(CSc3nnnn3C)CS[C@@H]21)c1csnn1. The van der Waals surface area contributed by atoms with E-state index in [0.717, 1.165) is 22.7 Å². The molecule has 2 aliphatic heterocycles. The summed E-state index contributed by atoms with van der Waals surface area (Å²) in [6.45, 7) is 0. The van der Waals surface area contributed by atoms with E-state index in [1.807, 2.05) is 60.7 Å². The zero-order chi connectivity index (χ0) is 33.0. The molecule has 1 N–H and O–H groups in total. The molecule has 1 unspecified atom stereocenters. The minimum absolute atomic E-state index is 0.0645. The van der Waals surface area contributed by atoms with Crippen molar-refractivity contribution in [2.45, 2.75) is 22.4 Å². The van der Waals surface area contributed by atoms with E-state index < -0.39 is 35.0 Å². The monoisotopic (exact) mass is 693 g/mol. The number of nitrogens with one attached hydrogen (secondary N) is 1. The van der Waals surface area contributed by atoms with Crippen LogP contribution >= 0.6 is 35.1 Å². The van der Waals surface area contributed by atoms with Crippen molar-refractivity contribution >= 4 is 58.6 Å². The van der Waals surface area contributed by atoms with E-state index in [9.17, 15) is 14.4 Å². The number of fused-ring (bicyclic) bond motifs is 1. The maximum absolute atomic E-state index is 14.3. The zero-order valence-corrected chi connectivity index (χ0v) is 27.6. The molecule has 1 saturated heterocycles. The highest BCUT2D eigenvalue weighted by Gasteiger charge is 2.67. The van der Waals surface area contributed by atoms with Crippen LogP contribution in [-0.2, 0) is 35.7 Å². The molecule has 2 atom stereocenters. The third kappa shape index (κ3) is 6.23. The Balaban J connectivity index is 1.34. The third-order valence-corrected chi connectivity index (χ3v) is 10.3. The molecule has 0 spiro atoms. The Labute approximate surface area is 280 Å². The number of amides is 2. The summed E-state index contributed by atoms with van der Waals surface area (Å²) in [5.41, 5.74) is 0.350. The molecular weight excluding hydrogens is 667 g/mol. The largest absolute Gasteiger partial charge is 0.448 e. The van der Waals surface area contributed by atoms with Gasteiger partial charge in [-0.05, 0) is 38.7 Å². The Bertz CT molecular complexity index is 1780. The van der Waals surface area contributed by atoms with Crippen LogP contribution in [0.5, 0.6) is 0 Å². The molecule has 0 radical (unpaired) electrons. The second-order valence-electron chi connectivity index (χ2n) is 10.1. The lowest BCUT2D eigenvalue weighted by atomic mass is 9.97. The van der Waals surface area contributed by atoms with Gasteiger partial charge >= 0.3 is 5.97 Å². The number of rotatable bonds is 12. The van der Waals surface area contributed by atoms with E-state index >= 15 is 0 Å². The molecule has 0 saturated carbocycles. The maximum Gasteiger partial charge on any atom is 0.356 e. The average Bonchev–Trinajstić information content (AvgIpc) is 3.79. The van der Waals surface area contributed by atoms with Gasteiger partial charge in [0.1, 0.15) is 23.9 Å². The van der Waals surface area contributed by atoms with Crippen molar-refractivity contribution in [3.63, 3.8) is 0 Å². The number of nitrogens with zero attached hydrogens (tertiary/aromatic N) is 8. The van der Waals surface area contributed by atoms with Gasteiger partial charge in [-0.3, -0.25) is 14.5 Å². The summed E-state index contributed by atoms with van der Waals surface area (Å²) in [5, 5.41) is 23.2. The Morgan fingerprint density at radius 1 is 1.11 bits per heavy atom. The van der Waals surface area contributed by atoms with E-state index in [0.29, 0.717) is 16.5 Å². The number of ether oxygens (including phenoxy) is 2. The van der Waals surface area contributed by atoms with Gasteiger partial charge in [-0.1, -0.05) is 82.1 Å². The van der Waals surface area contributed by atoms with Crippen LogP contribution in [0, 0.1) is 0 Å². The second-order valence-corrected chi connectivity index (χ2v) is 12.7. The van der Waals surface area contributed by atoms with Crippen molar-refractivity contribution in [1.82, 2.24) is 40.0 Å². The van der Waals surface area contributed by atoms with Crippen molar-refractivity contribution < 1.29 is 28.7 Å². The number of benzene rings is 2. The highest BCUT2D eigenvalue weighted by atomic mass is 32.2. The van der Waals surface area contributed by atoms with Crippen LogP contribution in [0.4, 0.5) is 0 Å². The van der Waals surface area contributed by atoms with Crippen molar-refractivity contribution in [3.05, 3.63) is 94.1 Å². The summed E-state index contributed by atoms with van der Waals surface area (Å²) in [7, 11) is 4.30. The van der Waals surface area contributed by atoms with Crippen LogP contribution in [0.15, 0.2) is 87.6 Å². The van der Waals surface area contributed by atoms with Gasteiger partial charge in [0.15, 0.2) is 11.8 Å². The molecule has 2 aromatic heterocycles.